The third-order valence-corrected chi connectivity index (χ3v) is 5.32. The van der Waals surface area contributed by atoms with E-state index in [1.165, 1.54) is 9.79 Å². The van der Waals surface area contributed by atoms with Crippen molar-refractivity contribution in [1.29, 1.82) is 0 Å². The van der Waals surface area contributed by atoms with E-state index in [0.717, 1.165) is 21.2 Å². The maximum atomic E-state index is 5.98. The Labute approximate surface area is 138 Å². The highest BCUT2D eigenvalue weighted by molar-refractivity contribution is 8.00. The van der Waals surface area contributed by atoms with Gasteiger partial charge in [-0.2, -0.15) is 0 Å². The average molecular weight is 324 g/mol. The minimum atomic E-state index is 0.808. The fraction of sp³-hybridized carbons (Fsp3) is 0. The summed E-state index contributed by atoms with van der Waals surface area (Å²) in [7, 11) is 0. The van der Waals surface area contributed by atoms with Gasteiger partial charge in [-0.25, -0.2) is 0 Å². The molecule has 22 heavy (non-hydrogen) atoms. The van der Waals surface area contributed by atoms with E-state index in [1.54, 1.807) is 23.5 Å². The zero-order chi connectivity index (χ0) is 15.4. The van der Waals surface area contributed by atoms with Gasteiger partial charge >= 0.3 is 0 Å². The predicted molar refractivity (Wildman–Crippen MR) is 96.4 cm³/mol. The normalized spacial score (nSPS) is 10.5. The van der Waals surface area contributed by atoms with Crippen LogP contribution in [0, 0.1) is 0 Å². The van der Waals surface area contributed by atoms with E-state index in [4.69, 9.17) is 11.5 Å². The SMILES string of the molecule is Nc1ccccc1Sc1ccc(Sc2ccccc2N)cc1. The van der Waals surface area contributed by atoms with Crippen LogP contribution in [-0.2, 0) is 0 Å². The van der Waals surface area contributed by atoms with Gasteiger partial charge in [-0.1, -0.05) is 47.8 Å². The number of anilines is 2. The molecule has 0 aliphatic carbocycles. The van der Waals surface area contributed by atoms with Gasteiger partial charge in [0.15, 0.2) is 0 Å². The first-order valence-electron chi connectivity index (χ1n) is 6.87. The van der Waals surface area contributed by atoms with Gasteiger partial charge in [0.25, 0.3) is 0 Å². The molecular formula is C18H16N2S2. The molecule has 3 rings (SSSR count). The third-order valence-electron chi connectivity index (χ3n) is 3.12. The van der Waals surface area contributed by atoms with Gasteiger partial charge in [0.2, 0.25) is 0 Å². The molecule has 0 amide bonds. The number of para-hydroxylation sites is 2. The van der Waals surface area contributed by atoms with Gasteiger partial charge in [-0.3, -0.25) is 0 Å². The Balaban J connectivity index is 1.73. The molecule has 110 valence electrons. The van der Waals surface area contributed by atoms with Crippen LogP contribution < -0.4 is 11.5 Å². The number of hydrogen-bond acceptors (Lipinski definition) is 4. The average Bonchev–Trinajstić information content (AvgIpc) is 2.54. The van der Waals surface area contributed by atoms with Gasteiger partial charge < -0.3 is 11.5 Å². The molecule has 0 bridgehead atoms. The van der Waals surface area contributed by atoms with E-state index in [9.17, 15) is 0 Å². The molecule has 3 aromatic rings. The summed E-state index contributed by atoms with van der Waals surface area (Å²) in [6, 6.07) is 24.2. The topological polar surface area (TPSA) is 52.0 Å². The van der Waals surface area contributed by atoms with E-state index < -0.39 is 0 Å². The highest BCUT2D eigenvalue weighted by Crippen LogP contribution is 2.35. The molecular weight excluding hydrogens is 308 g/mol. The van der Waals surface area contributed by atoms with Crippen molar-refractivity contribution in [2.75, 3.05) is 11.5 Å². The summed E-state index contributed by atoms with van der Waals surface area (Å²) in [5, 5.41) is 0. The largest absolute Gasteiger partial charge is 0.398 e. The smallest absolute Gasteiger partial charge is 0.0455 e. The zero-order valence-corrected chi connectivity index (χ0v) is 13.5. The Kier molecular flexibility index (Phi) is 4.61. The van der Waals surface area contributed by atoms with Crippen LogP contribution in [0.15, 0.2) is 92.4 Å². The van der Waals surface area contributed by atoms with Crippen LogP contribution in [0.3, 0.4) is 0 Å². The van der Waals surface area contributed by atoms with Gasteiger partial charge in [-0.15, -0.1) is 0 Å². The number of rotatable bonds is 4. The van der Waals surface area contributed by atoms with Crippen molar-refractivity contribution < 1.29 is 0 Å². The Morgan fingerprint density at radius 2 is 0.864 bits per heavy atom. The lowest BCUT2D eigenvalue weighted by molar-refractivity contribution is 1.33. The van der Waals surface area contributed by atoms with Crippen molar-refractivity contribution >= 4 is 34.9 Å². The summed E-state index contributed by atoms with van der Waals surface area (Å²) in [5.74, 6) is 0. The number of nitrogen functional groups attached to an aromatic ring is 2. The monoisotopic (exact) mass is 324 g/mol. The molecule has 2 nitrogen and oxygen atoms in total. The van der Waals surface area contributed by atoms with Crippen LogP contribution in [0.5, 0.6) is 0 Å². The van der Waals surface area contributed by atoms with E-state index in [-0.39, 0.29) is 0 Å². The van der Waals surface area contributed by atoms with Crippen molar-refractivity contribution in [3.05, 3.63) is 72.8 Å². The number of nitrogens with two attached hydrogens (primary N) is 2. The summed E-state index contributed by atoms with van der Waals surface area (Å²) in [4.78, 5) is 4.50. The third kappa shape index (κ3) is 3.59. The van der Waals surface area contributed by atoms with Crippen molar-refractivity contribution in [3.8, 4) is 0 Å². The number of benzene rings is 3. The van der Waals surface area contributed by atoms with Crippen LogP contribution in [0.4, 0.5) is 11.4 Å². The summed E-state index contributed by atoms with van der Waals surface area (Å²) in [5.41, 5.74) is 13.6. The fourth-order valence-electron chi connectivity index (χ4n) is 1.98. The van der Waals surface area contributed by atoms with Crippen LogP contribution in [0.2, 0.25) is 0 Å². The van der Waals surface area contributed by atoms with E-state index >= 15 is 0 Å². The lowest BCUT2D eigenvalue weighted by atomic mass is 10.3. The Bertz CT molecular complexity index is 704. The molecule has 0 unspecified atom stereocenters. The predicted octanol–water partition coefficient (Wildman–Crippen LogP) is 5.15. The van der Waals surface area contributed by atoms with Crippen LogP contribution in [0.25, 0.3) is 0 Å². The minimum Gasteiger partial charge on any atom is -0.398 e. The van der Waals surface area contributed by atoms with Crippen LogP contribution in [-0.4, -0.2) is 0 Å². The Morgan fingerprint density at radius 3 is 1.23 bits per heavy atom. The quantitative estimate of drug-likeness (QED) is 0.651. The first-order valence-corrected chi connectivity index (χ1v) is 8.50. The Hall–Kier alpha value is -2.04. The van der Waals surface area contributed by atoms with Gasteiger partial charge in [0.1, 0.15) is 0 Å². The second-order valence-corrected chi connectivity index (χ2v) is 6.98. The van der Waals surface area contributed by atoms with Gasteiger partial charge in [0.05, 0.1) is 0 Å². The van der Waals surface area contributed by atoms with Crippen LogP contribution in [0.1, 0.15) is 0 Å². The summed E-state index contributed by atoms with van der Waals surface area (Å²) in [6.45, 7) is 0. The highest BCUT2D eigenvalue weighted by Gasteiger charge is 2.03. The molecule has 0 aliphatic rings. The lowest BCUT2D eigenvalue weighted by Crippen LogP contribution is -1.87. The molecule has 3 aromatic carbocycles. The van der Waals surface area contributed by atoms with Crippen LogP contribution >= 0.6 is 23.5 Å². The van der Waals surface area contributed by atoms with Crippen molar-refractivity contribution in [1.82, 2.24) is 0 Å². The van der Waals surface area contributed by atoms with Crippen molar-refractivity contribution in [2.45, 2.75) is 19.6 Å². The Morgan fingerprint density at radius 1 is 0.500 bits per heavy atom. The molecule has 0 heterocycles. The molecule has 0 atom stereocenters. The molecule has 4 heteroatoms. The zero-order valence-electron chi connectivity index (χ0n) is 11.9. The van der Waals surface area contributed by atoms with Gasteiger partial charge in [-0.05, 0) is 48.5 Å². The molecule has 0 fully saturated rings. The molecule has 0 radical (unpaired) electrons. The standard InChI is InChI=1S/C18H16N2S2/c19-15-5-1-3-7-17(15)21-13-9-11-14(12-10-13)22-18-8-4-2-6-16(18)20/h1-12H,19-20H2. The van der Waals surface area contributed by atoms with E-state index in [2.05, 4.69) is 24.3 Å². The maximum absolute atomic E-state index is 5.98. The first-order chi connectivity index (χ1) is 10.7. The minimum absolute atomic E-state index is 0.808. The highest BCUT2D eigenvalue weighted by atomic mass is 32.2. The van der Waals surface area contributed by atoms with E-state index in [0.29, 0.717) is 0 Å². The maximum Gasteiger partial charge on any atom is 0.0455 e. The summed E-state index contributed by atoms with van der Waals surface area (Å²) < 4.78 is 0. The molecule has 0 saturated heterocycles. The van der Waals surface area contributed by atoms with Gasteiger partial charge in [0, 0.05) is 31.0 Å². The molecule has 4 N–H and O–H groups in total. The molecule has 0 aromatic heterocycles. The molecule has 0 saturated carbocycles. The second kappa shape index (κ2) is 6.81. The van der Waals surface area contributed by atoms with Crippen molar-refractivity contribution in [3.63, 3.8) is 0 Å². The first kappa shape index (κ1) is 14.9. The summed E-state index contributed by atoms with van der Waals surface area (Å²) in [6.07, 6.45) is 0. The number of hydrogen-bond donors (Lipinski definition) is 2. The molecule has 0 aliphatic heterocycles. The molecule has 0 spiro atoms. The summed E-state index contributed by atoms with van der Waals surface area (Å²) >= 11 is 3.35. The van der Waals surface area contributed by atoms with Crippen molar-refractivity contribution in [2.24, 2.45) is 0 Å². The lowest BCUT2D eigenvalue weighted by Gasteiger charge is -2.07. The van der Waals surface area contributed by atoms with E-state index in [1.807, 2.05) is 48.5 Å². The fourth-order valence-corrected chi connectivity index (χ4v) is 3.69. The second-order valence-electron chi connectivity index (χ2n) is 4.75.